The van der Waals surface area contributed by atoms with E-state index in [0.717, 1.165) is 12.8 Å². The normalized spacial score (nSPS) is 26.9. The van der Waals surface area contributed by atoms with E-state index in [1.807, 2.05) is 0 Å². The molecule has 2 N–H and O–H groups in total. The number of nitrogens with zero attached hydrogens (tertiary/aromatic N) is 2. The zero-order chi connectivity index (χ0) is 13.3. The van der Waals surface area contributed by atoms with Crippen LogP contribution in [0.3, 0.4) is 0 Å². The van der Waals surface area contributed by atoms with Crippen molar-refractivity contribution in [3.63, 3.8) is 0 Å². The lowest BCUT2D eigenvalue weighted by Gasteiger charge is -2.38. The fourth-order valence-corrected chi connectivity index (χ4v) is 3.10. The van der Waals surface area contributed by atoms with Gasteiger partial charge in [0.05, 0.1) is 0 Å². The lowest BCUT2D eigenvalue weighted by Crippen LogP contribution is -2.34. The molecule has 0 bridgehead atoms. The van der Waals surface area contributed by atoms with Crippen LogP contribution in [0.4, 0.5) is 5.82 Å². The summed E-state index contributed by atoms with van der Waals surface area (Å²) in [5.41, 5.74) is 5.94. The van der Waals surface area contributed by atoms with Crippen molar-refractivity contribution >= 4 is 17.4 Å². The molecule has 4 nitrogen and oxygen atoms in total. The molecule has 1 aromatic rings. The van der Waals surface area contributed by atoms with E-state index in [9.17, 15) is 0 Å². The van der Waals surface area contributed by atoms with Gasteiger partial charge in [-0.2, -0.15) is 0 Å². The third-order valence-electron chi connectivity index (χ3n) is 3.41. The Kier molecular flexibility index (Phi) is 3.66. The largest absolute Gasteiger partial charge is 0.473 e. The van der Waals surface area contributed by atoms with Gasteiger partial charge in [-0.05, 0) is 30.6 Å². The number of anilines is 1. The molecule has 1 aliphatic carbocycles. The highest BCUT2D eigenvalue weighted by Gasteiger charge is 2.33. The molecule has 0 aliphatic heterocycles. The van der Waals surface area contributed by atoms with Crippen molar-refractivity contribution < 1.29 is 4.74 Å². The number of aromatic nitrogens is 2. The third kappa shape index (κ3) is 3.05. The second-order valence-corrected chi connectivity index (χ2v) is 6.41. The van der Waals surface area contributed by atoms with Crippen molar-refractivity contribution in [3.05, 3.63) is 11.3 Å². The van der Waals surface area contributed by atoms with Gasteiger partial charge in [0, 0.05) is 0 Å². The van der Waals surface area contributed by atoms with Crippen molar-refractivity contribution in [2.24, 2.45) is 11.3 Å². The van der Waals surface area contributed by atoms with Crippen molar-refractivity contribution in [3.8, 4) is 5.88 Å². The van der Waals surface area contributed by atoms with Crippen LogP contribution in [0.1, 0.15) is 40.0 Å². The molecule has 0 spiro atoms. The van der Waals surface area contributed by atoms with Gasteiger partial charge in [0.1, 0.15) is 23.3 Å². The first kappa shape index (κ1) is 13.4. The van der Waals surface area contributed by atoms with Crippen LogP contribution in [0.2, 0.25) is 5.02 Å². The molecule has 0 aromatic carbocycles. The van der Waals surface area contributed by atoms with E-state index >= 15 is 0 Å². The molecule has 18 heavy (non-hydrogen) atoms. The van der Waals surface area contributed by atoms with E-state index in [-0.39, 0.29) is 11.9 Å². The summed E-state index contributed by atoms with van der Waals surface area (Å²) in [5, 5.41) is 0.313. The van der Waals surface area contributed by atoms with Crippen LogP contribution in [-0.2, 0) is 0 Å². The van der Waals surface area contributed by atoms with Crippen LogP contribution >= 0.6 is 11.6 Å². The first-order valence-corrected chi connectivity index (χ1v) is 6.68. The first-order valence-electron chi connectivity index (χ1n) is 6.30. The van der Waals surface area contributed by atoms with Crippen LogP contribution in [-0.4, -0.2) is 16.1 Å². The SMILES string of the molecule is CC1CC(Oc2ncnc(N)c2Cl)CC(C)(C)C1. The Morgan fingerprint density at radius 2 is 2.11 bits per heavy atom. The smallest absolute Gasteiger partial charge is 0.238 e. The Morgan fingerprint density at radius 1 is 1.39 bits per heavy atom. The lowest BCUT2D eigenvalue weighted by molar-refractivity contribution is 0.0533. The maximum Gasteiger partial charge on any atom is 0.238 e. The zero-order valence-corrected chi connectivity index (χ0v) is 11.9. The quantitative estimate of drug-likeness (QED) is 0.895. The molecule has 100 valence electrons. The Bertz CT molecular complexity index is 436. The number of ether oxygens (including phenoxy) is 1. The molecule has 1 heterocycles. The molecule has 2 atom stereocenters. The molecule has 5 heteroatoms. The monoisotopic (exact) mass is 269 g/mol. The second kappa shape index (κ2) is 4.92. The fraction of sp³-hybridized carbons (Fsp3) is 0.692. The van der Waals surface area contributed by atoms with E-state index in [1.165, 1.54) is 12.7 Å². The first-order chi connectivity index (χ1) is 8.37. The molecule has 1 saturated carbocycles. The number of hydrogen-bond donors (Lipinski definition) is 1. The van der Waals surface area contributed by atoms with Crippen LogP contribution in [0, 0.1) is 11.3 Å². The minimum atomic E-state index is 0.149. The summed E-state index contributed by atoms with van der Waals surface area (Å²) in [6.45, 7) is 6.80. The summed E-state index contributed by atoms with van der Waals surface area (Å²) < 4.78 is 5.91. The van der Waals surface area contributed by atoms with Gasteiger partial charge in [0.15, 0.2) is 0 Å². The van der Waals surface area contributed by atoms with Crippen molar-refractivity contribution in [2.75, 3.05) is 5.73 Å². The molecule has 2 unspecified atom stereocenters. The van der Waals surface area contributed by atoms with Gasteiger partial charge in [-0.15, -0.1) is 0 Å². The van der Waals surface area contributed by atoms with Crippen molar-refractivity contribution in [1.82, 2.24) is 9.97 Å². The standard InChI is InChI=1S/C13H20ClN3O/c1-8-4-9(6-13(2,3)5-8)18-12-10(14)11(15)16-7-17-12/h7-9H,4-6H2,1-3H3,(H2,15,16,17). The van der Waals surface area contributed by atoms with Gasteiger partial charge in [-0.1, -0.05) is 32.4 Å². The van der Waals surface area contributed by atoms with Gasteiger partial charge >= 0.3 is 0 Å². The lowest BCUT2D eigenvalue weighted by atomic mass is 9.71. The molecular formula is C13H20ClN3O. The van der Waals surface area contributed by atoms with Gasteiger partial charge in [-0.3, -0.25) is 0 Å². The molecule has 2 rings (SSSR count). The highest BCUT2D eigenvalue weighted by molar-refractivity contribution is 6.33. The van der Waals surface area contributed by atoms with Gasteiger partial charge in [0.25, 0.3) is 0 Å². The summed E-state index contributed by atoms with van der Waals surface area (Å²) in [4.78, 5) is 7.89. The van der Waals surface area contributed by atoms with Gasteiger partial charge in [0.2, 0.25) is 5.88 Å². The highest BCUT2D eigenvalue weighted by atomic mass is 35.5. The summed E-state index contributed by atoms with van der Waals surface area (Å²) >= 11 is 6.04. The van der Waals surface area contributed by atoms with Crippen LogP contribution < -0.4 is 10.5 Å². The Hall–Kier alpha value is -1.03. The van der Waals surface area contributed by atoms with Crippen molar-refractivity contribution in [1.29, 1.82) is 0 Å². The summed E-state index contributed by atoms with van der Waals surface area (Å²) in [5.74, 6) is 1.32. The van der Waals surface area contributed by atoms with Gasteiger partial charge < -0.3 is 10.5 Å². The summed E-state index contributed by atoms with van der Waals surface area (Å²) in [7, 11) is 0. The van der Waals surface area contributed by atoms with Gasteiger partial charge in [-0.25, -0.2) is 9.97 Å². The molecule has 1 aliphatic rings. The summed E-state index contributed by atoms with van der Waals surface area (Å²) in [6.07, 6.45) is 4.80. The predicted molar refractivity (Wildman–Crippen MR) is 72.7 cm³/mol. The van der Waals surface area contributed by atoms with E-state index in [4.69, 9.17) is 22.1 Å². The second-order valence-electron chi connectivity index (χ2n) is 6.03. The number of halogens is 1. The molecule has 1 fully saturated rings. The highest BCUT2D eigenvalue weighted by Crippen LogP contribution is 2.40. The minimum Gasteiger partial charge on any atom is -0.473 e. The maximum atomic E-state index is 6.04. The zero-order valence-electron chi connectivity index (χ0n) is 11.1. The Labute approximate surface area is 113 Å². The average Bonchev–Trinajstić information content (AvgIpc) is 2.22. The number of nitrogens with two attached hydrogens (primary N) is 1. The topological polar surface area (TPSA) is 61.0 Å². The van der Waals surface area contributed by atoms with E-state index in [0.29, 0.717) is 22.2 Å². The predicted octanol–water partition coefficient (Wildman–Crippen LogP) is 3.31. The molecule has 1 aromatic heterocycles. The number of rotatable bonds is 2. The number of hydrogen-bond acceptors (Lipinski definition) is 4. The Morgan fingerprint density at radius 3 is 2.78 bits per heavy atom. The fourth-order valence-electron chi connectivity index (χ4n) is 2.95. The van der Waals surface area contributed by atoms with Crippen LogP contribution in [0.5, 0.6) is 5.88 Å². The van der Waals surface area contributed by atoms with Crippen LogP contribution in [0.25, 0.3) is 0 Å². The maximum absolute atomic E-state index is 6.04. The minimum absolute atomic E-state index is 0.149. The summed E-state index contributed by atoms with van der Waals surface area (Å²) in [6, 6.07) is 0. The Balaban J connectivity index is 2.11. The van der Waals surface area contributed by atoms with Crippen LogP contribution in [0.15, 0.2) is 6.33 Å². The molecule has 0 saturated heterocycles. The van der Waals surface area contributed by atoms with E-state index in [2.05, 4.69) is 30.7 Å². The third-order valence-corrected chi connectivity index (χ3v) is 3.76. The van der Waals surface area contributed by atoms with E-state index < -0.39 is 0 Å². The molecule has 0 radical (unpaired) electrons. The average molecular weight is 270 g/mol. The molecular weight excluding hydrogens is 250 g/mol. The van der Waals surface area contributed by atoms with E-state index in [1.54, 1.807) is 0 Å². The van der Waals surface area contributed by atoms with Crippen molar-refractivity contribution in [2.45, 2.75) is 46.1 Å². The number of nitrogen functional groups attached to an aromatic ring is 1. The molecule has 0 amide bonds.